The molecule has 0 heterocycles. The minimum absolute atomic E-state index is 0.389. The van der Waals surface area contributed by atoms with Gasteiger partial charge in [0.25, 0.3) is 0 Å². The molecule has 1 fully saturated rings. The molecule has 2 aromatic carbocycles. The van der Waals surface area contributed by atoms with Crippen LogP contribution < -0.4 is 15.4 Å². The summed E-state index contributed by atoms with van der Waals surface area (Å²) in [5.74, 6) is 0.930. The molecule has 0 radical (unpaired) electrons. The standard InChI is InChI=1S/C18H20N2OS/c22-18(19-14-6-2-1-3-7-14)20-15-10-12-17(13-11-15)21-16-8-4-5-9-16/h1-3,6-7,10-13,16H,4-5,8-9H2,(H2,19,20,22). The Morgan fingerprint density at radius 2 is 1.45 bits per heavy atom. The minimum atomic E-state index is 0.389. The molecular formula is C18H20N2OS. The van der Waals surface area contributed by atoms with Gasteiger partial charge in [-0.1, -0.05) is 18.2 Å². The van der Waals surface area contributed by atoms with Crippen LogP contribution >= 0.6 is 12.2 Å². The second-order valence-electron chi connectivity index (χ2n) is 5.49. The molecule has 1 saturated carbocycles. The molecule has 1 aliphatic rings. The van der Waals surface area contributed by atoms with Crippen LogP contribution in [0.5, 0.6) is 5.75 Å². The molecule has 0 aromatic heterocycles. The van der Waals surface area contributed by atoms with Gasteiger partial charge in [-0.2, -0.15) is 0 Å². The van der Waals surface area contributed by atoms with Gasteiger partial charge in [-0.3, -0.25) is 0 Å². The maximum absolute atomic E-state index is 5.95. The van der Waals surface area contributed by atoms with Gasteiger partial charge in [-0.15, -0.1) is 0 Å². The Balaban J connectivity index is 1.53. The van der Waals surface area contributed by atoms with E-state index in [2.05, 4.69) is 10.6 Å². The first-order chi connectivity index (χ1) is 10.8. The number of benzene rings is 2. The number of para-hydroxylation sites is 1. The summed E-state index contributed by atoms with van der Waals surface area (Å²) < 4.78 is 5.95. The Labute approximate surface area is 136 Å². The average molecular weight is 312 g/mol. The van der Waals surface area contributed by atoms with E-state index < -0.39 is 0 Å². The smallest absolute Gasteiger partial charge is 0.175 e. The molecule has 0 amide bonds. The number of nitrogens with one attached hydrogen (secondary N) is 2. The van der Waals surface area contributed by atoms with Crippen LogP contribution in [0.1, 0.15) is 25.7 Å². The Morgan fingerprint density at radius 3 is 2.09 bits per heavy atom. The van der Waals surface area contributed by atoms with Crippen molar-refractivity contribution in [3.05, 3.63) is 54.6 Å². The highest BCUT2D eigenvalue weighted by atomic mass is 32.1. The van der Waals surface area contributed by atoms with Gasteiger partial charge < -0.3 is 15.4 Å². The lowest BCUT2D eigenvalue weighted by Gasteiger charge is -2.14. The molecule has 2 N–H and O–H groups in total. The molecule has 0 atom stereocenters. The first-order valence-electron chi connectivity index (χ1n) is 7.69. The van der Waals surface area contributed by atoms with Gasteiger partial charge >= 0.3 is 0 Å². The first kappa shape index (κ1) is 14.9. The monoisotopic (exact) mass is 312 g/mol. The molecule has 3 nitrogen and oxygen atoms in total. The van der Waals surface area contributed by atoms with Crippen molar-refractivity contribution in [2.24, 2.45) is 0 Å². The van der Waals surface area contributed by atoms with E-state index in [0.29, 0.717) is 11.2 Å². The fourth-order valence-electron chi connectivity index (χ4n) is 2.63. The summed E-state index contributed by atoms with van der Waals surface area (Å²) in [6, 6.07) is 17.8. The van der Waals surface area contributed by atoms with Crippen LogP contribution in [0.15, 0.2) is 54.6 Å². The molecule has 1 aliphatic carbocycles. The van der Waals surface area contributed by atoms with E-state index >= 15 is 0 Å². The third-order valence-electron chi connectivity index (χ3n) is 3.75. The van der Waals surface area contributed by atoms with Crippen LogP contribution in [0, 0.1) is 0 Å². The van der Waals surface area contributed by atoms with Crippen LogP contribution in [-0.2, 0) is 0 Å². The van der Waals surface area contributed by atoms with Crippen molar-refractivity contribution in [1.29, 1.82) is 0 Å². The van der Waals surface area contributed by atoms with Gasteiger partial charge in [0.05, 0.1) is 6.10 Å². The Kier molecular flexibility index (Phi) is 4.91. The van der Waals surface area contributed by atoms with E-state index in [1.54, 1.807) is 0 Å². The first-order valence-corrected chi connectivity index (χ1v) is 8.10. The molecule has 0 aliphatic heterocycles. The average Bonchev–Trinajstić information content (AvgIpc) is 3.03. The van der Waals surface area contributed by atoms with E-state index in [0.717, 1.165) is 17.1 Å². The van der Waals surface area contributed by atoms with Gasteiger partial charge in [0.15, 0.2) is 5.11 Å². The van der Waals surface area contributed by atoms with Gasteiger partial charge in [-0.25, -0.2) is 0 Å². The van der Waals surface area contributed by atoms with Gasteiger partial charge in [0.2, 0.25) is 0 Å². The van der Waals surface area contributed by atoms with Crippen LogP contribution in [0.2, 0.25) is 0 Å². The van der Waals surface area contributed by atoms with Crippen molar-refractivity contribution in [3.63, 3.8) is 0 Å². The van der Waals surface area contributed by atoms with E-state index in [1.807, 2.05) is 54.6 Å². The summed E-state index contributed by atoms with van der Waals surface area (Å²) in [7, 11) is 0. The van der Waals surface area contributed by atoms with Crippen LogP contribution in [-0.4, -0.2) is 11.2 Å². The molecule has 114 valence electrons. The van der Waals surface area contributed by atoms with Gasteiger partial charge in [-0.05, 0) is 74.3 Å². The summed E-state index contributed by atoms with van der Waals surface area (Å²) in [5.41, 5.74) is 1.92. The topological polar surface area (TPSA) is 33.3 Å². The molecule has 0 saturated heterocycles. The molecule has 3 rings (SSSR count). The number of rotatable bonds is 4. The fourth-order valence-corrected chi connectivity index (χ4v) is 2.87. The Bertz CT molecular complexity index is 607. The van der Waals surface area contributed by atoms with Crippen molar-refractivity contribution in [2.45, 2.75) is 31.8 Å². The molecule has 22 heavy (non-hydrogen) atoms. The number of hydrogen-bond acceptors (Lipinski definition) is 2. The third kappa shape index (κ3) is 4.21. The maximum atomic E-state index is 5.95. The normalized spacial score (nSPS) is 14.5. The lowest BCUT2D eigenvalue weighted by Crippen LogP contribution is -2.18. The predicted octanol–water partition coefficient (Wildman–Crippen LogP) is 4.82. The SMILES string of the molecule is S=C(Nc1ccccc1)Nc1ccc(OC2CCCC2)cc1. The summed E-state index contributed by atoms with van der Waals surface area (Å²) in [5, 5.41) is 6.91. The minimum Gasteiger partial charge on any atom is -0.490 e. The number of ether oxygens (including phenoxy) is 1. The second-order valence-corrected chi connectivity index (χ2v) is 5.90. The number of anilines is 2. The lowest BCUT2D eigenvalue weighted by atomic mass is 10.3. The highest BCUT2D eigenvalue weighted by molar-refractivity contribution is 7.80. The number of hydrogen-bond donors (Lipinski definition) is 2. The summed E-state index contributed by atoms with van der Waals surface area (Å²) >= 11 is 5.31. The molecule has 0 unspecified atom stereocenters. The predicted molar refractivity (Wildman–Crippen MR) is 95.6 cm³/mol. The van der Waals surface area contributed by atoms with Crippen molar-refractivity contribution in [2.75, 3.05) is 10.6 Å². The zero-order valence-corrected chi connectivity index (χ0v) is 13.2. The van der Waals surface area contributed by atoms with E-state index in [4.69, 9.17) is 17.0 Å². The molecule has 4 heteroatoms. The van der Waals surface area contributed by atoms with Crippen LogP contribution in [0.25, 0.3) is 0 Å². The summed E-state index contributed by atoms with van der Waals surface area (Å²) in [4.78, 5) is 0. The zero-order chi connectivity index (χ0) is 15.2. The zero-order valence-electron chi connectivity index (χ0n) is 12.4. The van der Waals surface area contributed by atoms with Crippen LogP contribution in [0.4, 0.5) is 11.4 Å². The van der Waals surface area contributed by atoms with Crippen molar-refractivity contribution >= 4 is 28.7 Å². The maximum Gasteiger partial charge on any atom is 0.175 e. The van der Waals surface area contributed by atoms with E-state index in [9.17, 15) is 0 Å². The second kappa shape index (κ2) is 7.27. The largest absolute Gasteiger partial charge is 0.490 e. The summed E-state index contributed by atoms with van der Waals surface area (Å²) in [6.07, 6.45) is 5.29. The molecule has 2 aromatic rings. The van der Waals surface area contributed by atoms with Crippen molar-refractivity contribution in [1.82, 2.24) is 0 Å². The summed E-state index contributed by atoms with van der Waals surface area (Å²) in [6.45, 7) is 0. The Hall–Kier alpha value is -2.07. The Morgan fingerprint density at radius 1 is 0.864 bits per heavy atom. The number of thiocarbonyl (C=S) groups is 1. The van der Waals surface area contributed by atoms with Gasteiger partial charge in [0.1, 0.15) is 5.75 Å². The third-order valence-corrected chi connectivity index (χ3v) is 3.95. The lowest BCUT2D eigenvalue weighted by molar-refractivity contribution is 0.210. The quantitative estimate of drug-likeness (QED) is 0.793. The highest BCUT2D eigenvalue weighted by Crippen LogP contribution is 2.25. The highest BCUT2D eigenvalue weighted by Gasteiger charge is 2.16. The molecular weight excluding hydrogens is 292 g/mol. The molecule has 0 bridgehead atoms. The van der Waals surface area contributed by atoms with Crippen molar-refractivity contribution in [3.8, 4) is 5.75 Å². The molecule has 0 spiro atoms. The van der Waals surface area contributed by atoms with Crippen molar-refractivity contribution < 1.29 is 4.74 Å². The van der Waals surface area contributed by atoms with Gasteiger partial charge in [0, 0.05) is 11.4 Å². The fraction of sp³-hybridized carbons (Fsp3) is 0.278. The van der Waals surface area contributed by atoms with E-state index in [1.165, 1.54) is 25.7 Å². The van der Waals surface area contributed by atoms with E-state index in [-0.39, 0.29) is 0 Å². The van der Waals surface area contributed by atoms with Crippen LogP contribution in [0.3, 0.4) is 0 Å².